The maximum atomic E-state index is 13.1. The summed E-state index contributed by atoms with van der Waals surface area (Å²) in [7, 11) is 0. The monoisotopic (exact) mass is 369 g/mol. The highest BCUT2D eigenvalue weighted by Crippen LogP contribution is 2.31. The number of aromatic nitrogens is 1. The van der Waals surface area contributed by atoms with Crippen LogP contribution in [0.15, 0.2) is 40.9 Å². The Kier molecular flexibility index (Phi) is 5.55. The fourth-order valence-corrected chi connectivity index (χ4v) is 4.18. The number of carbonyl (C=O) groups excluding carboxylic acids is 1. The maximum absolute atomic E-state index is 13.1. The van der Waals surface area contributed by atoms with E-state index < -0.39 is 0 Å². The average molecular weight is 369 g/mol. The van der Waals surface area contributed by atoms with Crippen LogP contribution in [0.1, 0.15) is 35.9 Å². The van der Waals surface area contributed by atoms with E-state index in [2.05, 4.69) is 22.2 Å². The molecule has 0 aliphatic carbocycles. The van der Waals surface area contributed by atoms with Crippen LogP contribution < -0.4 is 0 Å². The van der Waals surface area contributed by atoms with Crippen molar-refractivity contribution in [2.75, 3.05) is 32.8 Å². The van der Waals surface area contributed by atoms with Crippen molar-refractivity contribution in [3.05, 3.63) is 53.4 Å². The summed E-state index contributed by atoms with van der Waals surface area (Å²) in [6.45, 7) is 6.14. The van der Waals surface area contributed by atoms with Gasteiger partial charge in [0.2, 0.25) is 5.91 Å². The minimum absolute atomic E-state index is 0.0142. The third-order valence-electron chi connectivity index (χ3n) is 5.45. The Balaban J connectivity index is 1.56. The van der Waals surface area contributed by atoms with E-state index in [1.54, 1.807) is 0 Å². The number of aryl methyl sites for hydroxylation is 1. The van der Waals surface area contributed by atoms with Crippen molar-refractivity contribution >= 4 is 5.91 Å². The van der Waals surface area contributed by atoms with Crippen LogP contribution in [0.3, 0.4) is 0 Å². The lowest BCUT2D eigenvalue weighted by molar-refractivity contribution is -0.147. The summed E-state index contributed by atoms with van der Waals surface area (Å²) >= 11 is 0. The Morgan fingerprint density at radius 2 is 1.96 bits per heavy atom. The van der Waals surface area contributed by atoms with Gasteiger partial charge in [-0.1, -0.05) is 35.5 Å². The van der Waals surface area contributed by atoms with Crippen molar-refractivity contribution in [2.45, 2.75) is 38.3 Å². The highest BCUT2D eigenvalue weighted by atomic mass is 16.5. The summed E-state index contributed by atoms with van der Waals surface area (Å²) in [5.74, 6) is 0.682. The van der Waals surface area contributed by atoms with Crippen LogP contribution in [0.2, 0.25) is 0 Å². The van der Waals surface area contributed by atoms with E-state index in [1.165, 1.54) is 12.8 Å². The number of ether oxygens (including phenoxy) is 1. The smallest absolute Gasteiger partial charge is 0.230 e. The predicted octanol–water partition coefficient (Wildman–Crippen LogP) is 2.59. The second-order valence-electron chi connectivity index (χ2n) is 7.47. The molecule has 1 amide bonds. The first-order chi connectivity index (χ1) is 13.2. The molecule has 6 nitrogen and oxygen atoms in total. The number of benzene rings is 1. The van der Waals surface area contributed by atoms with Crippen LogP contribution in [0.5, 0.6) is 0 Å². The summed E-state index contributed by atoms with van der Waals surface area (Å²) in [6, 6.07) is 12.0. The third-order valence-corrected chi connectivity index (χ3v) is 5.45. The van der Waals surface area contributed by atoms with Gasteiger partial charge in [-0.25, -0.2) is 0 Å². The zero-order valence-corrected chi connectivity index (χ0v) is 15.8. The third kappa shape index (κ3) is 4.22. The molecule has 0 radical (unpaired) electrons. The molecule has 2 aliphatic rings. The predicted molar refractivity (Wildman–Crippen MR) is 101 cm³/mol. The topological polar surface area (TPSA) is 58.8 Å². The van der Waals surface area contributed by atoms with Gasteiger partial charge in [0.15, 0.2) is 0 Å². The summed E-state index contributed by atoms with van der Waals surface area (Å²) < 4.78 is 11.4. The number of hydrogen-bond donors (Lipinski definition) is 0. The van der Waals surface area contributed by atoms with E-state index in [9.17, 15) is 4.79 Å². The SMILES string of the molecule is Cc1cc(CC(=O)N2CCO[C@@H](CN3CCCC3)[C@@H]2c2ccccc2)on1. The average Bonchev–Trinajstić information content (AvgIpc) is 3.34. The molecule has 2 saturated heterocycles. The number of amides is 1. The fourth-order valence-electron chi connectivity index (χ4n) is 4.18. The quantitative estimate of drug-likeness (QED) is 0.811. The molecule has 0 bridgehead atoms. The Labute approximate surface area is 160 Å². The molecule has 0 saturated carbocycles. The molecule has 0 spiro atoms. The van der Waals surface area contributed by atoms with Gasteiger partial charge >= 0.3 is 0 Å². The molecule has 6 heteroatoms. The largest absolute Gasteiger partial charge is 0.373 e. The molecule has 2 aliphatic heterocycles. The van der Waals surface area contributed by atoms with Gasteiger partial charge in [-0.15, -0.1) is 0 Å². The first-order valence-electron chi connectivity index (χ1n) is 9.81. The number of rotatable bonds is 5. The van der Waals surface area contributed by atoms with Crippen molar-refractivity contribution in [2.24, 2.45) is 0 Å². The molecule has 0 N–H and O–H groups in total. The van der Waals surface area contributed by atoms with Gasteiger partial charge in [0.25, 0.3) is 0 Å². The van der Waals surface area contributed by atoms with E-state index in [1.807, 2.05) is 36.1 Å². The van der Waals surface area contributed by atoms with Crippen molar-refractivity contribution < 1.29 is 14.1 Å². The van der Waals surface area contributed by atoms with E-state index in [0.717, 1.165) is 30.9 Å². The highest BCUT2D eigenvalue weighted by molar-refractivity contribution is 5.79. The van der Waals surface area contributed by atoms with Crippen LogP contribution in [0.25, 0.3) is 0 Å². The lowest BCUT2D eigenvalue weighted by Crippen LogP contribution is -2.52. The van der Waals surface area contributed by atoms with Crippen LogP contribution in [0.4, 0.5) is 0 Å². The Bertz CT molecular complexity index is 755. The summed E-state index contributed by atoms with van der Waals surface area (Å²) in [5.41, 5.74) is 1.93. The summed E-state index contributed by atoms with van der Waals surface area (Å²) in [5, 5.41) is 3.90. The van der Waals surface area contributed by atoms with Crippen LogP contribution >= 0.6 is 0 Å². The number of hydrogen-bond acceptors (Lipinski definition) is 5. The summed E-state index contributed by atoms with van der Waals surface area (Å²) in [6.07, 6.45) is 2.71. The summed E-state index contributed by atoms with van der Waals surface area (Å²) in [4.78, 5) is 17.5. The molecule has 1 aromatic heterocycles. The van der Waals surface area contributed by atoms with Crippen LogP contribution in [-0.4, -0.2) is 59.8 Å². The van der Waals surface area contributed by atoms with Gasteiger partial charge < -0.3 is 19.1 Å². The highest BCUT2D eigenvalue weighted by Gasteiger charge is 2.37. The Hall–Kier alpha value is -2.18. The molecule has 1 aromatic carbocycles. The molecule has 2 atom stereocenters. The van der Waals surface area contributed by atoms with E-state index in [4.69, 9.17) is 9.26 Å². The Morgan fingerprint density at radius 3 is 2.67 bits per heavy atom. The molecular weight excluding hydrogens is 342 g/mol. The Morgan fingerprint density at radius 1 is 1.19 bits per heavy atom. The minimum Gasteiger partial charge on any atom is -0.373 e. The van der Waals surface area contributed by atoms with Gasteiger partial charge in [0.1, 0.15) is 5.76 Å². The van der Waals surface area contributed by atoms with Crippen molar-refractivity contribution in [1.82, 2.24) is 15.0 Å². The second-order valence-corrected chi connectivity index (χ2v) is 7.47. The first kappa shape index (κ1) is 18.2. The van der Waals surface area contributed by atoms with E-state index in [0.29, 0.717) is 18.9 Å². The van der Waals surface area contributed by atoms with Gasteiger partial charge in [0.05, 0.1) is 30.9 Å². The molecule has 3 heterocycles. The maximum Gasteiger partial charge on any atom is 0.230 e. The molecule has 2 fully saturated rings. The fraction of sp³-hybridized carbons (Fsp3) is 0.524. The first-order valence-corrected chi connectivity index (χ1v) is 9.81. The number of nitrogens with zero attached hydrogens (tertiary/aromatic N) is 3. The molecule has 2 aromatic rings. The second kappa shape index (κ2) is 8.23. The van der Waals surface area contributed by atoms with Crippen molar-refractivity contribution in [3.63, 3.8) is 0 Å². The number of likely N-dealkylation sites (tertiary alicyclic amines) is 1. The van der Waals surface area contributed by atoms with Gasteiger partial charge in [-0.3, -0.25) is 4.79 Å². The van der Waals surface area contributed by atoms with Gasteiger partial charge in [-0.05, 0) is 38.4 Å². The number of morpholine rings is 1. The van der Waals surface area contributed by atoms with E-state index >= 15 is 0 Å². The van der Waals surface area contributed by atoms with Crippen LogP contribution in [-0.2, 0) is 16.0 Å². The molecule has 27 heavy (non-hydrogen) atoms. The van der Waals surface area contributed by atoms with Crippen molar-refractivity contribution in [3.8, 4) is 0 Å². The van der Waals surface area contributed by atoms with Gasteiger partial charge in [0, 0.05) is 19.2 Å². The molecule has 0 unspecified atom stereocenters. The molecule has 144 valence electrons. The van der Waals surface area contributed by atoms with Gasteiger partial charge in [-0.2, -0.15) is 0 Å². The zero-order chi connectivity index (χ0) is 18.6. The standard InChI is InChI=1S/C21H27N3O3/c1-16-13-18(27-22-16)14-20(25)24-11-12-26-19(15-23-9-5-6-10-23)21(24)17-7-3-2-4-8-17/h2-4,7-8,13,19,21H,5-6,9-12,14-15H2,1H3/t19-,21-/m0/s1. The van der Waals surface area contributed by atoms with Crippen LogP contribution in [0, 0.1) is 6.92 Å². The lowest BCUT2D eigenvalue weighted by Gasteiger charge is -2.42. The molecule has 4 rings (SSSR count). The van der Waals surface area contributed by atoms with E-state index in [-0.39, 0.29) is 24.5 Å². The van der Waals surface area contributed by atoms with Crippen molar-refractivity contribution in [1.29, 1.82) is 0 Å². The molecular formula is C21H27N3O3. The number of carbonyl (C=O) groups is 1. The lowest BCUT2D eigenvalue weighted by atomic mass is 9.97. The zero-order valence-electron chi connectivity index (χ0n) is 15.8. The minimum atomic E-state index is -0.0722. The normalized spacial score (nSPS) is 23.7.